The van der Waals surface area contributed by atoms with Gasteiger partial charge in [-0.15, -0.1) is 0 Å². The van der Waals surface area contributed by atoms with Crippen molar-refractivity contribution in [3.05, 3.63) is 47.6 Å². The number of nitrogens with one attached hydrogen (secondary N) is 2. The molecule has 0 atom stereocenters. The van der Waals surface area contributed by atoms with Crippen molar-refractivity contribution >= 4 is 10.0 Å². The molecule has 0 saturated heterocycles. The Bertz CT molecular complexity index is 671. The van der Waals surface area contributed by atoms with Crippen LogP contribution in [0.3, 0.4) is 0 Å². The fourth-order valence-corrected chi connectivity index (χ4v) is 2.94. The molecule has 0 unspecified atom stereocenters. The summed E-state index contributed by atoms with van der Waals surface area (Å²) in [6.45, 7) is 0.300. The SMILES string of the molecule is CNCc1ccc(F)cc1S(=O)(=O)NCc1ccon1. The first-order chi connectivity index (χ1) is 9.53. The number of halogens is 1. The molecule has 8 heteroatoms. The van der Waals surface area contributed by atoms with Crippen molar-refractivity contribution in [3.63, 3.8) is 0 Å². The number of hydrogen-bond donors (Lipinski definition) is 2. The fraction of sp³-hybridized carbons (Fsp3) is 0.250. The second kappa shape index (κ2) is 6.12. The Morgan fingerprint density at radius 1 is 1.30 bits per heavy atom. The third-order valence-electron chi connectivity index (χ3n) is 2.62. The largest absolute Gasteiger partial charge is 0.364 e. The van der Waals surface area contributed by atoms with E-state index in [1.54, 1.807) is 13.1 Å². The molecular weight excluding hydrogens is 285 g/mol. The van der Waals surface area contributed by atoms with Crippen molar-refractivity contribution in [2.75, 3.05) is 7.05 Å². The summed E-state index contributed by atoms with van der Waals surface area (Å²) in [7, 11) is -2.14. The van der Waals surface area contributed by atoms with Crippen LogP contribution in [0.15, 0.2) is 39.9 Å². The lowest BCUT2D eigenvalue weighted by Gasteiger charge is -2.10. The highest BCUT2D eigenvalue weighted by Gasteiger charge is 2.19. The van der Waals surface area contributed by atoms with Gasteiger partial charge < -0.3 is 9.84 Å². The smallest absolute Gasteiger partial charge is 0.241 e. The molecule has 1 heterocycles. The van der Waals surface area contributed by atoms with E-state index in [-0.39, 0.29) is 11.4 Å². The molecule has 0 amide bonds. The summed E-state index contributed by atoms with van der Waals surface area (Å²) in [4.78, 5) is -0.0876. The molecule has 0 aliphatic rings. The van der Waals surface area contributed by atoms with Gasteiger partial charge in [-0.3, -0.25) is 0 Å². The fourth-order valence-electron chi connectivity index (χ4n) is 1.69. The van der Waals surface area contributed by atoms with Gasteiger partial charge in [-0.1, -0.05) is 11.2 Å². The zero-order valence-corrected chi connectivity index (χ0v) is 11.6. The van der Waals surface area contributed by atoms with Crippen molar-refractivity contribution in [2.24, 2.45) is 0 Å². The summed E-state index contributed by atoms with van der Waals surface area (Å²) in [5.41, 5.74) is 0.932. The number of benzene rings is 1. The summed E-state index contributed by atoms with van der Waals surface area (Å²) in [6.07, 6.45) is 1.35. The summed E-state index contributed by atoms with van der Waals surface area (Å²) in [6, 6.07) is 5.21. The predicted molar refractivity (Wildman–Crippen MR) is 69.7 cm³/mol. The van der Waals surface area contributed by atoms with E-state index < -0.39 is 15.8 Å². The summed E-state index contributed by atoms with van der Waals surface area (Å²) >= 11 is 0. The van der Waals surface area contributed by atoms with Gasteiger partial charge in [0.05, 0.1) is 17.1 Å². The first-order valence-corrected chi connectivity index (χ1v) is 7.33. The molecule has 0 fully saturated rings. The first-order valence-electron chi connectivity index (χ1n) is 5.85. The molecule has 0 saturated carbocycles. The molecule has 20 heavy (non-hydrogen) atoms. The topological polar surface area (TPSA) is 84.2 Å². The number of hydrogen-bond acceptors (Lipinski definition) is 5. The van der Waals surface area contributed by atoms with Crippen LogP contribution in [-0.2, 0) is 23.1 Å². The molecule has 2 aromatic rings. The molecule has 0 spiro atoms. The van der Waals surface area contributed by atoms with Gasteiger partial charge >= 0.3 is 0 Å². The quantitative estimate of drug-likeness (QED) is 0.831. The van der Waals surface area contributed by atoms with E-state index in [1.165, 1.54) is 18.4 Å². The molecule has 108 valence electrons. The average molecular weight is 299 g/mol. The number of nitrogens with zero attached hydrogens (tertiary/aromatic N) is 1. The highest BCUT2D eigenvalue weighted by Crippen LogP contribution is 2.17. The van der Waals surface area contributed by atoms with Crippen LogP contribution in [-0.4, -0.2) is 20.6 Å². The van der Waals surface area contributed by atoms with Gasteiger partial charge in [-0.25, -0.2) is 17.5 Å². The van der Waals surface area contributed by atoms with Crippen LogP contribution in [0.25, 0.3) is 0 Å². The van der Waals surface area contributed by atoms with E-state index in [4.69, 9.17) is 0 Å². The third kappa shape index (κ3) is 3.41. The van der Waals surface area contributed by atoms with Gasteiger partial charge in [-0.05, 0) is 24.7 Å². The molecule has 0 aliphatic carbocycles. The maximum absolute atomic E-state index is 13.3. The lowest BCUT2D eigenvalue weighted by molar-refractivity contribution is 0.411. The van der Waals surface area contributed by atoms with E-state index in [9.17, 15) is 12.8 Å². The van der Waals surface area contributed by atoms with Gasteiger partial charge in [0.2, 0.25) is 10.0 Å². The molecule has 2 N–H and O–H groups in total. The molecule has 2 rings (SSSR count). The minimum Gasteiger partial charge on any atom is -0.364 e. The second-order valence-corrected chi connectivity index (χ2v) is 5.83. The van der Waals surface area contributed by atoms with Crippen LogP contribution in [0.1, 0.15) is 11.3 Å². The van der Waals surface area contributed by atoms with Gasteiger partial charge in [-0.2, -0.15) is 0 Å². The number of aromatic nitrogens is 1. The summed E-state index contributed by atoms with van der Waals surface area (Å²) < 4.78 is 44.7. The van der Waals surface area contributed by atoms with Crippen molar-refractivity contribution in [3.8, 4) is 0 Å². The molecule has 1 aromatic carbocycles. The van der Waals surface area contributed by atoms with E-state index in [2.05, 4.69) is 19.7 Å². The highest BCUT2D eigenvalue weighted by molar-refractivity contribution is 7.89. The molecule has 1 aromatic heterocycles. The zero-order valence-electron chi connectivity index (χ0n) is 10.8. The summed E-state index contributed by atoms with van der Waals surface area (Å²) in [5, 5.41) is 6.44. The van der Waals surface area contributed by atoms with E-state index in [0.29, 0.717) is 17.8 Å². The maximum atomic E-state index is 13.3. The standard InChI is InChI=1S/C12H14FN3O3S/c1-14-7-9-2-3-10(13)6-12(9)20(17,18)15-8-11-4-5-19-16-11/h2-6,14-15H,7-8H2,1H3. The van der Waals surface area contributed by atoms with Crippen molar-refractivity contribution in [1.29, 1.82) is 0 Å². The first kappa shape index (κ1) is 14.6. The van der Waals surface area contributed by atoms with Crippen LogP contribution in [0.2, 0.25) is 0 Å². The van der Waals surface area contributed by atoms with E-state index in [0.717, 1.165) is 6.07 Å². The Kier molecular flexibility index (Phi) is 4.48. The van der Waals surface area contributed by atoms with Crippen LogP contribution in [0.4, 0.5) is 4.39 Å². The second-order valence-electron chi connectivity index (χ2n) is 4.10. The Balaban J connectivity index is 2.26. The Hall–Kier alpha value is -1.77. The van der Waals surface area contributed by atoms with Crippen molar-refractivity contribution < 1.29 is 17.3 Å². The van der Waals surface area contributed by atoms with Gasteiger partial charge in [0.1, 0.15) is 12.1 Å². The monoisotopic (exact) mass is 299 g/mol. The molecule has 6 nitrogen and oxygen atoms in total. The number of sulfonamides is 1. The van der Waals surface area contributed by atoms with Crippen LogP contribution >= 0.6 is 0 Å². The van der Waals surface area contributed by atoms with Crippen LogP contribution in [0.5, 0.6) is 0 Å². The molecule has 0 bridgehead atoms. The zero-order chi connectivity index (χ0) is 14.6. The Morgan fingerprint density at radius 2 is 2.10 bits per heavy atom. The molecule has 0 aliphatic heterocycles. The molecule has 0 radical (unpaired) electrons. The van der Waals surface area contributed by atoms with Crippen molar-refractivity contribution in [2.45, 2.75) is 18.0 Å². The van der Waals surface area contributed by atoms with E-state index in [1.807, 2.05) is 0 Å². The van der Waals surface area contributed by atoms with Crippen molar-refractivity contribution in [1.82, 2.24) is 15.2 Å². The molecular formula is C12H14FN3O3S. The lowest BCUT2D eigenvalue weighted by Crippen LogP contribution is -2.25. The average Bonchev–Trinajstić information content (AvgIpc) is 2.92. The van der Waals surface area contributed by atoms with Gasteiger partial charge in [0.15, 0.2) is 0 Å². The van der Waals surface area contributed by atoms with Crippen LogP contribution < -0.4 is 10.0 Å². The van der Waals surface area contributed by atoms with Crippen LogP contribution in [0, 0.1) is 5.82 Å². The predicted octanol–water partition coefficient (Wildman–Crippen LogP) is 1.01. The highest BCUT2D eigenvalue weighted by atomic mass is 32.2. The van der Waals surface area contributed by atoms with Gasteiger partial charge in [0.25, 0.3) is 0 Å². The summed E-state index contributed by atoms with van der Waals surface area (Å²) in [5.74, 6) is -0.605. The number of rotatable bonds is 6. The Labute approximate surface area is 116 Å². The minimum absolute atomic E-state index is 0.0195. The van der Waals surface area contributed by atoms with Gasteiger partial charge in [0, 0.05) is 12.6 Å². The van der Waals surface area contributed by atoms with E-state index >= 15 is 0 Å². The minimum atomic E-state index is -3.82. The lowest BCUT2D eigenvalue weighted by atomic mass is 10.2. The third-order valence-corrected chi connectivity index (χ3v) is 4.10. The Morgan fingerprint density at radius 3 is 2.75 bits per heavy atom. The normalized spacial score (nSPS) is 11.7. The maximum Gasteiger partial charge on any atom is 0.241 e.